The van der Waals surface area contributed by atoms with Crippen LogP contribution < -0.4 is 5.01 Å². The van der Waals surface area contributed by atoms with Gasteiger partial charge < -0.3 is 0 Å². The van der Waals surface area contributed by atoms with E-state index in [0.717, 1.165) is 0 Å². The first-order chi connectivity index (χ1) is 14.0. The summed E-state index contributed by atoms with van der Waals surface area (Å²) < 4.78 is 13.4. The predicted octanol–water partition coefficient (Wildman–Crippen LogP) is 6.45. The summed E-state index contributed by atoms with van der Waals surface area (Å²) in [4.78, 5) is 13.4. The van der Waals surface area contributed by atoms with E-state index in [-0.39, 0.29) is 11.6 Å². The number of Topliss-reactive ketones (excluding diaryl/α,β-unsaturated/α-hetero) is 1. The number of carbonyl (C=O) groups excluding carboxylic acids is 1. The van der Waals surface area contributed by atoms with E-state index < -0.39 is 0 Å². The molecular formula is C24H20FN3O. The monoisotopic (exact) mass is 385 g/mol. The van der Waals surface area contributed by atoms with Crippen LogP contribution in [0.2, 0.25) is 0 Å². The summed E-state index contributed by atoms with van der Waals surface area (Å²) in [6, 6.07) is 23.7. The number of carbonyl (C=O) groups is 1. The van der Waals surface area contributed by atoms with E-state index >= 15 is 0 Å². The first-order valence-electron chi connectivity index (χ1n) is 9.01. The minimum absolute atomic E-state index is 0.248. The van der Waals surface area contributed by atoms with Crippen molar-refractivity contribution < 1.29 is 9.18 Å². The zero-order valence-electron chi connectivity index (χ0n) is 16.0. The van der Waals surface area contributed by atoms with E-state index in [4.69, 9.17) is 5.53 Å². The summed E-state index contributed by atoms with van der Waals surface area (Å²) in [6.45, 7) is 5.82. The Hall–Kier alpha value is -3.86. The van der Waals surface area contributed by atoms with Gasteiger partial charge in [-0.2, -0.15) is 5.53 Å². The first-order valence-corrected chi connectivity index (χ1v) is 9.01. The molecule has 0 heterocycles. The number of hydrogen-bond donors (Lipinski definition) is 1. The van der Waals surface area contributed by atoms with Gasteiger partial charge >= 0.3 is 0 Å². The molecule has 0 saturated heterocycles. The summed E-state index contributed by atoms with van der Waals surface area (Å²) >= 11 is 0. The Labute approximate surface area is 169 Å². The molecule has 0 unspecified atom stereocenters. The zero-order chi connectivity index (χ0) is 20.8. The molecule has 0 fully saturated rings. The number of halogens is 1. The molecule has 0 spiro atoms. The SMILES string of the molecule is C=C(/C(C(=O)c1ccccc1)=C(/C)N(N=N)c1ccccc1)c1ccc(F)cc1. The predicted molar refractivity (Wildman–Crippen MR) is 113 cm³/mol. The van der Waals surface area contributed by atoms with Crippen LogP contribution in [0.5, 0.6) is 0 Å². The van der Waals surface area contributed by atoms with Crippen molar-refractivity contribution in [2.75, 3.05) is 5.01 Å². The van der Waals surface area contributed by atoms with Crippen molar-refractivity contribution in [3.63, 3.8) is 0 Å². The molecule has 0 bridgehead atoms. The molecule has 0 aliphatic carbocycles. The number of allylic oxidation sites excluding steroid dienone is 3. The molecule has 0 aliphatic rings. The summed E-state index contributed by atoms with van der Waals surface area (Å²) in [7, 11) is 0. The van der Waals surface area contributed by atoms with Gasteiger partial charge in [-0.15, -0.1) is 0 Å². The topological polar surface area (TPSA) is 56.5 Å². The smallest absolute Gasteiger partial charge is 0.195 e. The summed E-state index contributed by atoms with van der Waals surface area (Å²) in [5.41, 5.74) is 10.6. The normalized spacial score (nSPS) is 11.4. The molecule has 0 radical (unpaired) electrons. The molecular weight excluding hydrogens is 365 g/mol. The fraction of sp³-hybridized carbons (Fsp3) is 0.0417. The summed E-state index contributed by atoms with van der Waals surface area (Å²) in [5, 5.41) is 5.00. The lowest BCUT2D eigenvalue weighted by atomic mass is 9.91. The maximum absolute atomic E-state index is 13.4. The Morgan fingerprint density at radius 2 is 1.45 bits per heavy atom. The largest absolute Gasteiger partial charge is 0.289 e. The van der Waals surface area contributed by atoms with Crippen molar-refractivity contribution in [2.45, 2.75) is 6.92 Å². The van der Waals surface area contributed by atoms with Gasteiger partial charge in [-0.05, 0) is 42.3 Å². The Kier molecular flexibility index (Phi) is 6.09. The third-order valence-corrected chi connectivity index (χ3v) is 4.54. The lowest BCUT2D eigenvalue weighted by Crippen LogP contribution is -2.19. The van der Waals surface area contributed by atoms with Gasteiger partial charge in [-0.25, -0.2) is 9.40 Å². The number of ketones is 1. The van der Waals surface area contributed by atoms with Crippen molar-refractivity contribution in [2.24, 2.45) is 5.22 Å². The van der Waals surface area contributed by atoms with Crippen LogP contribution in [0.25, 0.3) is 5.57 Å². The molecule has 3 aromatic carbocycles. The molecule has 0 saturated carbocycles. The Balaban J connectivity index is 2.17. The molecule has 3 rings (SSSR count). The molecule has 1 N–H and O–H groups in total. The fourth-order valence-electron chi connectivity index (χ4n) is 3.05. The van der Waals surface area contributed by atoms with E-state index in [9.17, 15) is 9.18 Å². The van der Waals surface area contributed by atoms with Crippen LogP contribution in [-0.2, 0) is 0 Å². The highest BCUT2D eigenvalue weighted by atomic mass is 19.1. The van der Waals surface area contributed by atoms with Gasteiger partial charge in [0.15, 0.2) is 5.78 Å². The molecule has 5 heteroatoms. The van der Waals surface area contributed by atoms with Crippen LogP contribution in [-0.4, -0.2) is 5.78 Å². The Bertz CT molecular complexity index is 1060. The Morgan fingerprint density at radius 3 is 2.00 bits per heavy atom. The molecule has 144 valence electrons. The second-order valence-corrected chi connectivity index (χ2v) is 6.39. The van der Waals surface area contributed by atoms with Crippen molar-refractivity contribution in [1.29, 1.82) is 5.53 Å². The van der Waals surface area contributed by atoms with Crippen molar-refractivity contribution in [1.82, 2.24) is 0 Å². The lowest BCUT2D eigenvalue weighted by Gasteiger charge is -2.22. The van der Waals surface area contributed by atoms with E-state index in [1.165, 1.54) is 17.1 Å². The van der Waals surface area contributed by atoms with Gasteiger partial charge in [0, 0.05) is 5.56 Å². The number of hydrogen-bond acceptors (Lipinski definition) is 3. The molecule has 0 atom stereocenters. The maximum Gasteiger partial charge on any atom is 0.195 e. The van der Waals surface area contributed by atoms with Gasteiger partial charge in [0.2, 0.25) is 0 Å². The highest BCUT2D eigenvalue weighted by Crippen LogP contribution is 2.31. The highest BCUT2D eigenvalue weighted by molar-refractivity contribution is 6.19. The number of anilines is 1. The van der Waals surface area contributed by atoms with Crippen molar-refractivity contribution in [3.8, 4) is 0 Å². The van der Waals surface area contributed by atoms with Crippen LogP contribution >= 0.6 is 0 Å². The summed E-state index contributed by atoms with van der Waals surface area (Å²) in [5.74, 6) is -0.618. The molecule has 0 amide bonds. The van der Waals surface area contributed by atoms with Gasteiger partial charge in [-0.1, -0.05) is 72.5 Å². The molecule has 4 nitrogen and oxygen atoms in total. The maximum atomic E-state index is 13.4. The minimum atomic E-state index is -0.370. The molecule has 0 aromatic heterocycles. The third-order valence-electron chi connectivity index (χ3n) is 4.54. The van der Waals surface area contributed by atoms with Crippen LogP contribution in [0.1, 0.15) is 22.8 Å². The number of nitrogens with zero attached hydrogens (tertiary/aromatic N) is 2. The van der Waals surface area contributed by atoms with Crippen LogP contribution in [0.15, 0.2) is 108 Å². The fourth-order valence-corrected chi connectivity index (χ4v) is 3.05. The second kappa shape index (κ2) is 8.89. The van der Waals surface area contributed by atoms with Crippen molar-refractivity contribution >= 4 is 17.0 Å². The van der Waals surface area contributed by atoms with Gasteiger partial charge in [-0.3, -0.25) is 4.79 Å². The number of rotatable bonds is 7. The van der Waals surface area contributed by atoms with Crippen LogP contribution in [0, 0.1) is 11.3 Å². The number of para-hydroxylation sites is 1. The standard InChI is InChI=1S/C24H20FN3O/c1-17(19-13-15-21(25)16-14-19)23(24(29)20-9-5-3-6-10-20)18(2)28(27-26)22-11-7-4-8-12-22/h3-16,26H,1H2,2H3/b23-18+,27-26?. The first kappa shape index (κ1) is 19.9. The van der Waals surface area contributed by atoms with E-state index in [2.05, 4.69) is 11.8 Å². The summed E-state index contributed by atoms with van der Waals surface area (Å²) in [6.07, 6.45) is 0. The van der Waals surface area contributed by atoms with Gasteiger partial charge in [0.25, 0.3) is 0 Å². The van der Waals surface area contributed by atoms with E-state index in [1.807, 2.05) is 24.3 Å². The molecule has 0 aliphatic heterocycles. The number of benzene rings is 3. The average molecular weight is 385 g/mol. The van der Waals surface area contributed by atoms with Crippen LogP contribution in [0.3, 0.4) is 0 Å². The average Bonchev–Trinajstić information content (AvgIpc) is 2.76. The Morgan fingerprint density at radius 1 is 0.897 bits per heavy atom. The lowest BCUT2D eigenvalue weighted by molar-refractivity contribution is 0.103. The van der Waals surface area contributed by atoms with Crippen LogP contribution in [0.4, 0.5) is 10.1 Å². The number of nitrogens with one attached hydrogen (secondary N) is 1. The highest BCUT2D eigenvalue weighted by Gasteiger charge is 2.23. The third kappa shape index (κ3) is 4.35. The zero-order valence-corrected chi connectivity index (χ0v) is 16.0. The molecule has 3 aromatic rings. The van der Waals surface area contributed by atoms with Gasteiger partial charge in [0.05, 0.1) is 17.0 Å². The van der Waals surface area contributed by atoms with Gasteiger partial charge in [0.1, 0.15) is 5.82 Å². The van der Waals surface area contributed by atoms with Crippen molar-refractivity contribution in [3.05, 3.63) is 120 Å². The van der Waals surface area contributed by atoms with E-state index in [1.54, 1.807) is 55.5 Å². The molecule has 29 heavy (non-hydrogen) atoms. The second-order valence-electron chi connectivity index (χ2n) is 6.39. The van der Waals surface area contributed by atoms with E-state index in [0.29, 0.717) is 33.7 Å². The minimum Gasteiger partial charge on any atom is -0.289 e. The quantitative estimate of drug-likeness (QED) is 0.167.